The summed E-state index contributed by atoms with van der Waals surface area (Å²) in [5.41, 5.74) is 0. The fraction of sp³-hybridized carbons (Fsp3) is 0.846. The lowest BCUT2D eigenvalue weighted by Gasteiger charge is -2.24. The minimum Gasteiger partial charge on any atom is -0.481 e. The first-order chi connectivity index (χ1) is 9.08. The van der Waals surface area contributed by atoms with Crippen molar-refractivity contribution in [1.82, 2.24) is 10.2 Å². The molecule has 2 amide bonds. The van der Waals surface area contributed by atoms with Crippen LogP contribution in [0, 0.1) is 5.92 Å². The lowest BCUT2D eigenvalue weighted by Crippen LogP contribution is -2.47. The predicted molar refractivity (Wildman–Crippen MR) is 68.9 cm³/mol. The van der Waals surface area contributed by atoms with E-state index < -0.39 is 5.97 Å². The van der Waals surface area contributed by atoms with Crippen molar-refractivity contribution in [3.05, 3.63) is 0 Å². The molecule has 0 aromatic heterocycles. The van der Waals surface area contributed by atoms with Crippen molar-refractivity contribution in [3.8, 4) is 0 Å². The normalized spacial score (nSPS) is 26.2. The summed E-state index contributed by atoms with van der Waals surface area (Å²) in [4.78, 5) is 23.9. The van der Waals surface area contributed by atoms with Crippen LogP contribution in [0.25, 0.3) is 0 Å². The summed E-state index contributed by atoms with van der Waals surface area (Å²) < 4.78 is 5.67. The molecule has 2 unspecified atom stereocenters. The quantitative estimate of drug-likeness (QED) is 0.756. The molecule has 19 heavy (non-hydrogen) atoms. The molecule has 2 fully saturated rings. The average Bonchev–Trinajstić information content (AvgIpc) is 3.09. The Morgan fingerprint density at radius 1 is 1.37 bits per heavy atom. The Balaban J connectivity index is 1.71. The highest BCUT2D eigenvalue weighted by molar-refractivity contribution is 5.74. The SMILES string of the molecule is CN(CCCC(=O)O)C(=O)NC1CCOC1C1CC1. The van der Waals surface area contributed by atoms with Crippen molar-refractivity contribution in [3.63, 3.8) is 0 Å². The number of nitrogens with one attached hydrogen (secondary N) is 1. The van der Waals surface area contributed by atoms with Gasteiger partial charge in [0.2, 0.25) is 0 Å². The van der Waals surface area contributed by atoms with Crippen molar-refractivity contribution < 1.29 is 19.4 Å². The highest BCUT2D eigenvalue weighted by Gasteiger charge is 2.41. The van der Waals surface area contributed by atoms with Crippen LogP contribution in [0.4, 0.5) is 4.79 Å². The van der Waals surface area contributed by atoms with E-state index >= 15 is 0 Å². The van der Waals surface area contributed by atoms with Crippen molar-refractivity contribution in [2.24, 2.45) is 5.92 Å². The molecule has 2 N–H and O–H groups in total. The van der Waals surface area contributed by atoms with Crippen molar-refractivity contribution in [2.75, 3.05) is 20.2 Å². The first kappa shape index (κ1) is 14.1. The fourth-order valence-corrected chi connectivity index (χ4v) is 2.49. The molecule has 2 rings (SSSR count). The number of nitrogens with zero attached hydrogens (tertiary/aromatic N) is 1. The molecular formula is C13H22N2O4. The Labute approximate surface area is 113 Å². The molecule has 0 aromatic carbocycles. The number of carboxylic acids is 1. The summed E-state index contributed by atoms with van der Waals surface area (Å²) >= 11 is 0. The average molecular weight is 270 g/mol. The largest absolute Gasteiger partial charge is 0.481 e. The van der Waals surface area contributed by atoms with Crippen LogP contribution in [0.3, 0.4) is 0 Å². The van der Waals surface area contributed by atoms with E-state index in [1.54, 1.807) is 11.9 Å². The topological polar surface area (TPSA) is 78.9 Å². The molecule has 2 atom stereocenters. The van der Waals surface area contributed by atoms with Crippen LogP contribution in [-0.2, 0) is 9.53 Å². The molecule has 1 saturated heterocycles. The predicted octanol–water partition coefficient (Wildman–Crippen LogP) is 1.06. The summed E-state index contributed by atoms with van der Waals surface area (Å²) in [6.07, 6.45) is 4.02. The molecule has 6 heteroatoms. The third-order valence-corrected chi connectivity index (χ3v) is 3.76. The molecule has 1 heterocycles. The van der Waals surface area contributed by atoms with E-state index in [2.05, 4.69) is 5.32 Å². The zero-order valence-electron chi connectivity index (χ0n) is 11.3. The zero-order chi connectivity index (χ0) is 13.8. The number of carboxylic acid groups (broad SMARTS) is 1. The van der Waals surface area contributed by atoms with Crippen LogP contribution in [-0.4, -0.2) is 54.4 Å². The maximum absolute atomic E-state index is 12.0. The van der Waals surface area contributed by atoms with Crippen molar-refractivity contribution >= 4 is 12.0 Å². The molecule has 6 nitrogen and oxygen atoms in total. The number of amides is 2. The van der Waals surface area contributed by atoms with Gasteiger partial charge in [-0.2, -0.15) is 0 Å². The summed E-state index contributed by atoms with van der Waals surface area (Å²) in [5.74, 6) is -0.211. The highest BCUT2D eigenvalue weighted by Crippen LogP contribution is 2.38. The molecule has 1 aliphatic carbocycles. The maximum Gasteiger partial charge on any atom is 0.317 e. The lowest BCUT2D eigenvalue weighted by molar-refractivity contribution is -0.137. The number of carbonyl (C=O) groups is 2. The van der Waals surface area contributed by atoms with Gasteiger partial charge in [0, 0.05) is 26.6 Å². The van der Waals surface area contributed by atoms with Gasteiger partial charge in [0.25, 0.3) is 0 Å². The molecule has 0 bridgehead atoms. The minimum absolute atomic E-state index is 0.0921. The zero-order valence-corrected chi connectivity index (χ0v) is 11.3. The van der Waals surface area contributed by atoms with Gasteiger partial charge in [-0.1, -0.05) is 0 Å². The number of hydrogen-bond acceptors (Lipinski definition) is 3. The number of aliphatic carboxylic acids is 1. The maximum atomic E-state index is 12.0. The van der Waals surface area contributed by atoms with E-state index in [0.29, 0.717) is 18.9 Å². The first-order valence-corrected chi connectivity index (χ1v) is 6.93. The molecule has 0 aromatic rings. The third kappa shape index (κ3) is 4.09. The van der Waals surface area contributed by atoms with E-state index in [1.807, 2.05) is 0 Å². The summed E-state index contributed by atoms with van der Waals surface area (Å²) in [6.45, 7) is 1.18. The van der Waals surface area contributed by atoms with E-state index in [4.69, 9.17) is 9.84 Å². The van der Waals surface area contributed by atoms with Crippen LogP contribution >= 0.6 is 0 Å². The molecule has 0 radical (unpaired) electrons. The number of rotatable bonds is 6. The molecule has 2 aliphatic rings. The summed E-state index contributed by atoms with van der Waals surface area (Å²) in [6, 6.07) is -0.0199. The van der Waals surface area contributed by atoms with Crippen molar-refractivity contribution in [1.29, 1.82) is 0 Å². The van der Waals surface area contributed by atoms with Gasteiger partial charge in [-0.05, 0) is 31.6 Å². The van der Waals surface area contributed by atoms with Gasteiger partial charge in [0.1, 0.15) is 0 Å². The Morgan fingerprint density at radius 2 is 2.11 bits per heavy atom. The number of carbonyl (C=O) groups excluding carboxylic acids is 1. The van der Waals surface area contributed by atoms with Gasteiger partial charge in [-0.25, -0.2) is 4.79 Å². The van der Waals surface area contributed by atoms with E-state index in [-0.39, 0.29) is 24.6 Å². The second kappa shape index (κ2) is 6.23. The summed E-state index contributed by atoms with van der Waals surface area (Å²) in [5, 5.41) is 11.6. The Kier molecular flexibility index (Phi) is 4.63. The van der Waals surface area contributed by atoms with Gasteiger partial charge in [0.05, 0.1) is 12.1 Å². The lowest BCUT2D eigenvalue weighted by atomic mass is 10.1. The van der Waals surface area contributed by atoms with Gasteiger partial charge in [0.15, 0.2) is 0 Å². The number of urea groups is 1. The van der Waals surface area contributed by atoms with E-state index in [9.17, 15) is 9.59 Å². The fourth-order valence-electron chi connectivity index (χ4n) is 2.49. The van der Waals surface area contributed by atoms with Crippen LogP contribution in [0.1, 0.15) is 32.1 Å². The molecule has 0 spiro atoms. The van der Waals surface area contributed by atoms with E-state index in [0.717, 1.165) is 13.0 Å². The van der Waals surface area contributed by atoms with Crippen LogP contribution in [0.5, 0.6) is 0 Å². The summed E-state index contributed by atoms with van der Waals surface area (Å²) in [7, 11) is 1.69. The second-order valence-electron chi connectivity index (χ2n) is 5.44. The first-order valence-electron chi connectivity index (χ1n) is 6.93. The van der Waals surface area contributed by atoms with Crippen molar-refractivity contribution in [2.45, 2.75) is 44.2 Å². The molecular weight excluding hydrogens is 248 g/mol. The third-order valence-electron chi connectivity index (χ3n) is 3.76. The minimum atomic E-state index is -0.827. The standard InChI is InChI=1S/C13H22N2O4/c1-15(7-2-3-11(16)17)13(18)14-10-6-8-19-12(10)9-4-5-9/h9-10,12H,2-8H2,1H3,(H,14,18)(H,16,17). The Hall–Kier alpha value is -1.30. The number of hydrogen-bond donors (Lipinski definition) is 2. The van der Waals surface area contributed by atoms with Gasteiger partial charge in [-0.15, -0.1) is 0 Å². The van der Waals surface area contributed by atoms with Crippen LogP contribution in [0.15, 0.2) is 0 Å². The second-order valence-corrected chi connectivity index (χ2v) is 5.44. The number of ether oxygens (including phenoxy) is 1. The Morgan fingerprint density at radius 3 is 2.74 bits per heavy atom. The molecule has 1 aliphatic heterocycles. The molecule has 108 valence electrons. The van der Waals surface area contributed by atoms with Gasteiger partial charge < -0.3 is 20.1 Å². The Bertz CT molecular complexity index is 344. The van der Waals surface area contributed by atoms with Gasteiger partial charge in [-0.3, -0.25) is 4.79 Å². The highest BCUT2D eigenvalue weighted by atomic mass is 16.5. The van der Waals surface area contributed by atoms with Crippen LogP contribution in [0.2, 0.25) is 0 Å². The monoisotopic (exact) mass is 270 g/mol. The van der Waals surface area contributed by atoms with E-state index in [1.165, 1.54) is 12.8 Å². The smallest absolute Gasteiger partial charge is 0.317 e. The van der Waals surface area contributed by atoms with Gasteiger partial charge >= 0.3 is 12.0 Å². The van der Waals surface area contributed by atoms with Crippen LogP contribution < -0.4 is 5.32 Å². The molecule has 1 saturated carbocycles.